The van der Waals surface area contributed by atoms with Gasteiger partial charge in [-0.1, -0.05) is 36.2 Å². The molecular weight excluding hydrogens is 371 g/mol. The Morgan fingerprint density at radius 2 is 1.83 bits per heavy atom. The lowest BCUT2D eigenvalue weighted by Crippen LogP contribution is -2.57. The number of carbonyl (C=O) groups is 1. The second-order valence-corrected chi connectivity index (χ2v) is 9.40. The van der Waals surface area contributed by atoms with Crippen molar-refractivity contribution in [3.63, 3.8) is 0 Å². The van der Waals surface area contributed by atoms with E-state index in [4.69, 9.17) is 23.2 Å². The van der Waals surface area contributed by atoms with Gasteiger partial charge < -0.3 is 10.6 Å². The number of piperidine rings is 1. The minimum absolute atomic E-state index is 0.131. The van der Waals surface area contributed by atoms with Crippen LogP contribution in [-0.2, 0) is 14.6 Å². The van der Waals surface area contributed by atoms with Crippen LogP contribution in [0.4, 0.5) is 0 Å². The molecule has 2 N–H and O–H groups in total. The number of halogens is 2. The highest BCUT2D eigenvalue weighted by Crippen LogP contribution is 2.32. The lowest BCUT2D eigenvalue weighted by molar-refractivity contribution is -0.124. The van der Waals surface area contributed by atoms with Gasteiger partial charge in [0, 0.05) is 28.8 Å². The molecular formula is C16H22Cl2N2O3S. The zero-order valence-corrected chi connectivity index (χ0v) is 16.1. The SMILES string of the molecule is CC(CNC(=O)C1(S(C)(=O)=O)CCNCC1)c1c(Cl)cccc1Cl. The molecule has 0 saturated carbocycles. The van der Waals surface area contributed by atoms with Gasteiger partial charge in [-0.2, -0.15) is 0 Å². The van der Waals surface area contributed by atoms with Crippen LogP contribution in [0.3, 0.4) is 0 Å². The lowest BCUT2D eigenvalue weighted by atomic mass is 9.95. The quantitative estimate of drug-likeness (QED) is 0.806. The summed E-state index contributed by atoms with van der Waals surface area (Å²) in [7, 11) is -3.52. The summed E-state index contributed by atoms with van der Waals surface area (Å²) in [5.41, 5.74) is 0.750. The molecule has 1 aliphatic heterocycles. The van der Waals surface area contributed by atoms with Crippen LogP contribution in [-0.4, -0.2) is 45.0 Å². The largest absolute Gasteiger partial charge is 0.354 e. The Bertz CT molecular complexity index is 696. The van der Waals surface area contributed by atoms with E-state index in [9.17, 15) is 13.2 Å². The third-order valence-corrected chi connectivity index (χ3v) is 7.27. The van der Waals surface area contributed by atoms with Crippen LogP contribution >= 0.6 is 23.2 Å². The Kier molecular flexibility index (Phi) is 6.18. The zero-order chi connectivity index (χ0) is 18.0. The Balaban J connectivity index is 2.14. The van der Waals surface area contributed by atoms with Gasteiger partial charge in [0.2, 0.25) is 5.91 Å². The molecule has 134 valence electrons. The Morgan fingerprint density at radius 3 is 2.33 bits per heavy atom. The van der Waals surface area contributed by atoms with E-state index in [1.54, 1.807) is 18.2 Å². The number of carbonyl (C=O) groups excluding carboxylic acids is 1. The van der Waals surface area contributed by atoms with Crippen molar-refractivity contribution in [2.45, 2.75) is 30.4 Å². The summed E-state index contributed by atoms with van der Waals surface area (Å²) in [6.45, 7) is 3.18. The first-order valence-corrected chi connectivity index (χ1v) is 10.5. The summed E-state index contributed by atoms with van der Waals surface area (Å²) in [4.78, 5) is 12.7. The second kappa shape index (κ2) is 7.60. The molecule has 1 atom stereocenters. The fraction of sp³-hybridized carbons (Fsp3) is 0.562. The van der Waals surface area contributed by atoms with Crippen molar-refractivity contribution in [2.75, 3.05) is 25.9 Å². The summed E-state index contributed by atoms with van der Waals surface area (Å²) >= 11 is 12.4. The maximum absolute atomic E-state index is 12.7. The van der Waals surface area contributed by atoms with Gasteiger partial charge in [0.05, 0.1) is 0 Å². The summed E-state index contributed by atoms with van der Waals surface area (Å²) < 4.78 is 23.1. The number of nitrogens with one attached hydrogen (secondary N) is 2. The molecule has 1 aromatic rings. The molecule has 1 fully saturated rings. The van der Waals surface area contributed by atoms with Gasteiger partial charge in [-0.3, -0.25) is 4.79 Å². The minimum atomic E-state index is -3.52. The smallest absolute Gasteiger partial charge is 0.241 e. The van der Waals surface area contributed by atoms with Crippen LogP contribution < -0.4 is 10.6 Å². The number of amides is 1. The third kappa shape index (κ3) is 3.87. The van der Waals surface area contributed by atoms with Gasteiger partial charge in [-0.15, -0.1) is 0 Å². The van der Waals surface area contributed by atoms with Gasteiger partial charge in [0.25, 0.3) is 0 Å². The third-order valence-electron chi connectivity index (χ3n) is 4.60. The summed E-state index contributed by atoms with van der Waals surface area (Å²) in [6.07, 6.45) is 1.68. The van der Waals surface area contributed by atoms with Gasteiger partial charge in [0.1, 0.15) is 0 Å². The van der Waals surface area contributed by atoms with E-state index < -0.39 is 20.5 Å². The van der Waals surface area contributed by atoms with Crippen molar-refractivity contribution >= 4 is 38.9 Å². The van der Waals surface area contributed by atoms with Crippen LogP contribution in [0.5, 0.6) is 0 Å². The molecule has 2 rings (SSSR count). The van der Waals surface area contributed by atoms with Crippen molar-refractivity contribution in [2.24, 2.45) is 0 Å². The average molecular weight is 393 g/mol. The molecule has 0 radical (unpaired) electrons. The van der Waals surface area contributed by atoms with Crippen molar-refractivity contribution in [3.05, 3.63) is 33.8 Å². The normalized spacial score (nSPS) is 18.8. The Morgan fingerprint density at radius 1 is 1.29 bits per heavy atom. The monoisotopic (exact) mass is 392 g/mol. The molecule has 5 nitrogen and oxygen atoms in total. The highest BCUT2D eigenvalue weighted by molar-refractivity contribution is 7.92. The van der Waals surface area contributed by atoms with E-state index in [0.29, 0.717) is 23.1 Å². The lowest BCUT2D eigenvalue weighted by Gasteiger charge is -2.34. The molecule has 1 heterocycles. The van der Waals surface area contributed by atoms with Gasteiger partial charge in [0.15, 0.2) is 14.6 Å². The van der Waals surface area contributed by atoms with Crippen LogP contribution in [0.25, 0.3) is 0 Å². The minimum Gasteiger partial charge on any atom is -0.354 e. The summed E-state index contributed by atoms with van der Waals surface area (Å²) in [6, 6.07) is 5.24. The first kappa shape index (κ1) is 19.5. The van der Waals surface area contributed by atoms with E-state index in [0.717, 1.165) is 11.8 Å². The molecule has 1 aromatic carbocycles. The van der Waals surface area contributed by atoms with E-state index >= 15 is 0 Å². The number of hydrogen-bond donors (Lipinski definition) is 2. The van der Waals surface area contributed by atoms with Gasteiger partial charge in [-0.05, 0) is 43.6 Å². The Hall–Kier alpha value is -0.820. The van der Waals surface area contributed by atoms with Crippen molar-refractivity contribution in [1.82, 2.24) is 10.6 Å². The topological polar surface area (TPSA) is 75.3 Å². The second-order valence-electron chi connectivity index (χ2n) is 6.26. The van der Waals surface area contributed by atoms with E-state index in [1.165, 1.54) is 0 Å². The molecule has 24 heavy (non-hydrogen) atoms. The zero-order valence-electron chi connectivity index (χ0n) is 13.7. The fourth-order valence-electron chi connectivity index (χ4n) is 3.09. The molecule has 0 spiro atoms. The predicted molar refractivity (Wildman–Crippen MR) is 97.6 cm³/mol. The highest BCUT2D eigenvalue weighted by Gasteiger charge is 2.48. The molecule has 1 unspecified atom stereocenters. The van der Waals surface area contributed by atoms with Crippen LogP contribution in [0, 0.1) is 0 Å². The van der Waals surface area contributed by atoms with Crippen LogP contribution in [0.2, 0.25) is 10.0 Å². The van der Waals surface area contributed by atoms with Crippen molar-refractivity contribution in [1.29, 1.82) is 0 Å². The molecule has 0 aromatic heterocycles. The number of hydrogen-bond acceptors (Lipinski definition) is 4. The number of benzene rings is 1. The van der Waals surface area contributed by atoms with E-state index in [2.05, 4.69) is 10.6 Å². The summed E-state index contributed by atoms with van der Waals surface area (Å²) in [5.74, 6) is -0.574. The van der Waals surface area contributed by atoms with E-state index in [1.807, 2.05) is 6.92 Å². The Labute approximate surface area is 153 Å². The maximum atomic E-state index is 12.7. The van der Waals surface area contributed by atoms with Gasteiger partial charge in [-0.25, -0.2) is 8.42 Å². The van der Waals surface area contributed by atoms with Crippen molar-refractivity contribution in [3.8, 4) is 0 Å². The fourth-order valence-corrected chi connectivity index (χ4v) is 5.21. The average Bonchev–Trinajstić information content (AvgIpc) is 2.52. The molecule has 8 heteroatoms. The van der Waals surface area contributed by atoms with Gasteiger partial charge >= 0.3 is 0 Å². The van der Waals surface area contributed by atoms with E-state index in [-0.39, 0.29) is 25.3 Å². The number of rotatable bonds is 5. The molecule has 1 aliphatic rings. The molecule has 1 amide bonds. The first-order chi connectivity index (χ1) is 11.2. The molecule has 1 saturated heterocycles. The van der Waals surface area contributed by atoms with Crippen LogP contribution in [0.1, 0.15) is 31.2 Å². The predicted octanol–water partition coefficient (Wildman–Crippen LogP) is 2.38. The van der Waals surface area contributed by atoms with Crippen molar-refractivity contribution < 1.29 is 13.2 Å². The first-order valence-electron chi connectivity index (χ1n) is 7.81. The highest BCUT2D eigenvalue weighted by atomic mass is 35.5. The van der Waals surface area contributed by atoms with Crippen LogP contribution in [0.15, 0.2) is 18.2 Å². The molecule has 0 aliphatic carbocycles. The molecule has 0 bridgehead atoms. The number of sulfone groups is 1. The maximum Gasteiger partial charge on any atom is 0.241 e. The standard InChI is InChI=1S/C16H22Cl2N2O3S/c1-11(14-12(17)4-3-5-13(14)18)10-20-15(21)16(24(2,22)23)6-8-19-9-7-16/h3-5,11,19H,6-10H2,1-2H3,(H,20,21). The summed E-state index contributed by atoms with van der Waals surface area (Å²) in [5, 5.41) is 6.94.